The van der Waals surface area contributed by atoms with Gasteiger partial charge in [0.25, 0.3) is 0 Å². The van der Waals surface area contributed by atoms with E-state index in [2.05, 4.69) is 16.0 Å². The third-order valence-electron chi connectivity index (χ3n) is 5.25. The van der Waals surface area contributed by atoms with Gasteiger partial charge in [0.1, 0.15) is 18.1 Å². The Bertz CT molecular complexity index is 847. The first kappa shape index (κ1) is 27.6. The summed E-state index contributed by atoms with van der Waals surface area (Å²) in [7, 11) is 0. The second-order valence-electron chi connectivity index (χ2n) is 7.96. The molecule has 0 radical (unpaired) electrons. The highest BCUT2D eigenvalue weighted by Gasteiger charge is 2.30. The molecule has 0 heterocycles. The molecule has 11 heteroatoms. The van der Waals surface area contributed by atoms with Gasteiger partial charge in [-0.1, -0.05) is 50.6 Å². The summed E-state index contributed by atoms with van der Waals surface area (Å²) in [5.74, 6) is -4.43. The van der Waals surface area contributed by atoms with Crippen molar-refractivity contribution >= 4 is 29.6 Å². The van der Waals surface area contributed by atoms with Crippen molar-refractivity contribution in [1.82, 2.24) is 16.0 Å². The van der Waals surface area contributed by atoms with Crippen LogP contribution in [0.25, 0.3) is 0 Å². The van der Waals surface area contributed by atoms with Gasteiger partial charge in [-0.3, -0.25) is 19.2 Å². The molecular formula is C22H33N5O6. The summed E-state index contributed by atoms with van der Waals surface area (Å²) < 4.78 is 0. The van der Waals surface area contributed by atoms with Crippen molar-refractivity contribution in [2.24, 2.45) is 17.4 Å². The summed E-state index contributed by atoms with van der Waals surface area (Å²) in [6, 6.07) is 4.06. The van der Waals surface area contributed by atoms with Gasteiger partial charge in [0.05, 0.1) is 12.5 Å². The van der Waals surface area contributed by atoms with Crippen LogP contribution in [0.1, 0.15) is 39.2 Å². The molecule has 0 bridgehead atoms. The number of benzene rings is 1. The standard InChI is InChI=1S/C22H33N5O6/c1-4-12(2)18(24)21(31)25-13(3)19(29)26-15(11-17(23)28)20(30)27-16(22(32)33)10-14-8-6-5-7-9-14/h5-9,12-13,15-16,18H,4,10-11,24H2,1-3H3,(H2,23,28)(H,25,31)(H,26,29)(H,27,30)(H,32,33). The van der Waals surface area contributed by atoms with Gasteiger partial charge in [-0.05, 0) is 18.4 Å². The number of nitrogens with two attached hydrogens (primary N) is 2. The van der Waals surface area contributed by atoms with E-state index in [1.807, 2.05) is 6.92 Å². The number of nitrogens with one attached hydrogen (secondary N) is 3. The number of carbonyl (C=O) groups is 5. The Morgan fingerprint density at radius 2 is 1.48 bits per heavy atom. The average Bonchev–Trinajstić information content (AvgIpc) is 2.77. The van der Waals surface area contributed by atoms with E-state index in [9.17, 15) is 29.1 Å². The number of carboxylic acids is 1. The maximum absolute atomic E-state index is 12.7. The maximum atomic E-state index is 12.7. The largest absolute Gasteiger partial charge is 0.480 e. The van der Waals surface area contributed by atoms with E-state index in [4.69, 9.17) is 11.5 Å². The zero-order valence-corrected chi connectivity index (χ0v) is 19.0. The van der Waals surface area contributed by atoms with E-state index >= 15 is 0 Å². The van der Waals surface area contributed by atoms with Gasteiger partial charge in [0.15, 0.2) is 0 Å². The smallest absolute Gasteiger partial charge is 0.326 e. The van der Waals surface area contributed by atoms with Crippen molar-refractivity contribution in [3.05, 3.63) is 35.9 Å². The maximum Gasteiger partial charge on any atom is 0.326 e. The zero-order chi connectivity index (χ0) is 25.1. The first-order valence-electron chi connectivity index (χ1n) is 10.7. The Kier molecular flexibility index (Phi) is 11.0. The molecule has 4 amide bonds. The van der Waals surface area contributed by atoms with Crippen LogP contribution in [0.15, 0.2) is 30.3 Å². The van der Waals surface area contributed by atoms with Crippen LogP contribution in [0, 0.1) is 5.92 Å². The topological polar surface area (TPSA) is 194 Å². The fourth-order valence-corrected chi connectivity index (χ4v) is 2.92. The molecule has 0 fully saturated rings. The summed E-state index contributed by atoms with van der Waals surface area (Å²) in [4.78, 5) is 60.5. The molecule has 1 aromatic carbocycles. The highest BCUT2D eigenvalue weighted by Crippen LogP contribution is 2.06. The quantitative estimate of drug-likeness (QED) is 0.217. The molecule has 0 saturated carbocycles. The van der Waals surface area contributed by atoms with Crippen molar-refractivity contribution in [1.29, 1.82) is 0 Å². The van der Waals surface area contributed by atoms with Crippen molar-refractivity contribution in [3.63, 3.8) is 0 Å². The van der Waals surface area contributed by atoms with Crippen LogP contribution in [0.2, 0.25) is 0 Å². The SMILES string of the molecule is CCC(C)C(N)C(=O)NC(C)C(=O)NC(CC(N)=O)C(=O)NC(Cc1ccccc1)C(=O)O. The molecule has 1 aromatic rings. The van der Waals surface area contributed by atoms with Gasteiger partial charge in [0.2, 0.25) is 23.6 Å². The molecule has 8 N–H and O–H groups in total. The third kappa shape index (κ3) is 9.27. The number of carbonyl (C=O) groups excluding carboxylic acids is 4. The number of amides is 4. The summed E-state index contributed by atoms with van der Waals surface area (Å²) in [5.41, 5.74) is 11.7. The van der Waals surface area contributed by atoms with Gasteiger partial charge in [-0.25, -0.2) is 4.79 Å². The lowest BCUT2D eigenvalue weighted by Gasteiger charge is -2.24. The zero-order valence-electron chi connectivity index (χ0n) is 19.0. The Labute approximate surface area is 192 Å². The van der Waals surface area contributed by atoms with Crippen LogP contribution in [0.4, 0.5) is 0 Å². The van der Waals surface area contributed by atoms with Gasteiger partial charge in [-0.15, -0.1) is 0 Å². The normalized spacial score (nSPS) is 15.3. The lowest BCUT2D eigenvalue weighted by Crippen LogP contribution is -2.57. The van der Waals surface area contributed by atoms with Crippen LogP contribution in [0.5, 0.6) is 0 Å². The molecule has 0 aliphatic heterocycles. The van der Waals surface area contributed by atoms with Crippen molar-refractivity contribution in [2.45, 2.75) is 64.2 Å². The first-order chi connectivity index (χ1) is 15.5. The van der Waals surface area contributed by atoms with Crippen molar-refractivity contribution in [3.8, 4) is 0 Å². The van der Waals surface area contributed by atoms with Crippen molar-refractivity contribution < 1.29 is 29.1 Å². The molecule has 0 spiro atoms. The summed E-state index contributed by atoms with van der Waals surface area (Å²) in [5, 5.41) is 16.6. The van der Waals surface area contributed by atoms with Crippen LogP contribution < -0.4 is 27.4 Å². The Morgan fingerprint density at radius 3 is 2.00 bits per heavy atom. The second-order valence-corrected chi connectivity index (χ2v) is 7.96. The number of primary amides is 1. The molecular weight excluding hydrogens is 430 g/mol. The van der Waals surface area contributed by atoms with E-state index in [0.29, 0.717) is 12.0 Å². The summed E-state index contributed by atoms with van der Waals surface area (Å²) >= 11 is 0. The molecule has 33 heavy (non-hydrogen) atoms. The van der Waals surface area contributed by atoms with Crippen molar-refractivity contribution in [2.75, 3.05) is 0 Å². The Balaban J connectivity index is 2.85. The Hall–Kier alpha value is -3.47. The summed E-state index contributed by atoms with van der Waals surface area (Å²) in [6.45, 7) is 5.07. The van der Waals surface area contributed by atoms with E-state index in [1.54, 1.807) is 37.3 Å². The minimum Gasteiger partial charge on any atom is -0.480 e. The van der Waals surface area contributed by atoms with Crippen LogP contribution >= 0.6 is 0 Å². The molecule has 1 rings (SSSR count). The molecule has 5 unspecified atom stereocenters. The molecule has 11 nitrogen and oxygen atoms in total. The van der Waals surface area contributed by atoms with Gasteiger partial charge in [-0.2, -0.15) is 0 Å². The van der Waals surface area contributed by atoms with Crippen LogP contribution in [0.3, 0.4) is 0 Å². The van der Waals surface area contributed by atoms with Gasteiger partial charge < -0.3 is 32.5 Å². The molecule has 0 aliphatic carbocycles. The first-order valence-corrected chi connectivity index (χ1v) is 10.7. The monoisotopic (exact) mass is 463 g/mol. The number of aliphatic carboxylic acids is 1. The molecule has 0 saturated heterocycles. The fourth-order valence-electron chi connectivity index (χ4n) is 2.92. The van der Waals surface area contributed by atoms with Gasteiger partial charge >= 0.3 is 5.97 Å². The number of hydrogen-bond donors (Lipinski definition) is 6. The molecule has 182 valence electrons. The average molecular weight is 464 g/mol. The fraction of sp³-hybridized carbons (Fsp3) is 0.500. The minimum atomic E-state index is -1.42. The number of rotatable bonds is 13. The molecule has 0 aliphatic rings. The van der Waals surface area contributed by atoms with E-state index in [-0.39, 0.29) is 12.3 Å². The third-order valence-corrected chi connectivity index (χ3v) is 5.25. The van der Waals surface area contributed by atoms with E-state index < -0.39 is 60.2 Å². The number of carboxylic acid groups (broad SMARTS) is 1. The second kappa shape index (κ2) is 13.2. The van der Waals surface area contributed by atoms with E-state index in [1.165, 1.54) is 6.92 Å². The summed E-state index contributed by atoms with van der Waals surface area (Å²) in [6.07, 6.45) is 0.116. The predicted molar refractivity (Wildman–Crippen MR) is 120 cm³/mol. The lowest BCUT2D eigenvalue weighted by molar-refractivity contribution is -0.142. The lowest BCUT2D eigenvalue weighted by atomic mass is 9.99. The van der Waals surface area contributed by atoms with Gasteiger partial charge in [0, 0.05) is 6.42 Å². The highest BCUT2D eigenvalue weighted by atomic mass is 16.4. The Morgan fingerprint density at radius 1 is 0.909 bits per heavy atom. The van der Waals surface area contributed by atoms with Crippen LogP contribution in [-0.2, 0) is 30.4 Å². The molecule has 0 aromatic heterocycles. The highest BCUT2D eigenvalue weighted by molar-refractivity contribution is 5.96. The predicted octanol–water partition coefficient (Wildman–Crippen LogP) is -0.963. The number of hydrogen-bond acceptors (Lipinski definition) is 6. The molecule has 5 atom stereocenters. The minimum absolute atomic E-state index is 0.000880. The van der Waals surface area contributed by atoms with Crippen LogP contribution in [-0.4, -0.2) is 58.9 Å². The van der Waals surface area contributed by atoms with E-state index in [0.717, 1.165) is 0 Å².